The Morgan fingerprint density at radius 2 is 2.18 bits per heavy atom. The molecule has 0 radical (unpaired) electrons. The molecule has 17 heavy (non-hydrogen) atoms. The van der Waals surface area contributed by atoms with Crippen molar-refractivity contribution in [2.45, 2.75) is 20.3 Å². The maximum Gasteiger partial charge on any atom is 0.309 e. The molecule has 0 amide bonds. The molecule has 0 aliphatic rings. The largest absolute Gasteiger partial charge is 0.481 e. The summed E-state index contributed by atoms with van der Waals surface area (Å²) in [5, 5.41) is 12.9. The molecular weight excluding hydrogens is 256 g/mol. The van der Waals surface area contributed by atoms with Crippen LogP contribution in [-0.4, -0.2) is 11.1 Å². The molecule has 1 aromatic carbocycles. The van der Waals surface area contributed by atoms with Gasteiger partial charge in [0.2, 0.25) is 0 Å². The summed E-state index contributed by atoms with van der Waals surface area (Å²) in [6, 6.07) is 5.74. The fourth-order valence-electron chi connectivity index (χ4n) is 1.76. The summed E-state index contributed by atoms with van der Waals surface area (Å²) in [4.78, 5) is 11.1. The van der Waals surface area contributed by atoms with E-state index in [4.69, 9.17) is 16.7 Å². The van der Waals surface area contributed by atoms with Crippen molar-refractivity contribution in [3.8, 4) is 0 Å². The number of hydrogen-bond donors (Lipinski definition) is 1. The molecule has 1 aromatic heterocycles. The van der Waals surface area contributed by atoms with Gasteiger partial charge in [-0.1, -0.05) is 23.7 Å². The summed E-state index contributed by atoms with van der Waals surface area (Å²) in [5.74, 6) is -0.779. The molecule has 0 aliphatic heterocycles. The minimum absolute atomic E-state index is 0.517. The van der Waals surface area contributed by atoms with Gasteiger partial charge in [-0.2, -0.15) is 0 Å². The minimum Gasteiger partial charge on any atom is -0.481 e. The fourth-order valence-corrected chi connectivity index (χ4v) is 3.05. The lowest BCUT2D eigenvalue weighted by Gasteiger charge is -2.18. The Morgan fingerprint density at radius 1 is 1.47 bits per heavy atom. The van der Waals surface area contributed by atoms with E-state index in [1.165, 1.54) is 0 Å². The number of benzene rings is 1. The van der Waals surface area contributed by atoms with Crippen molar-refractivity contribution in [2.75, 3.05) is 0 Å². The van der Waals surface area contributed by atoms with Crippen LogP contribution >= 0.6 is 22.9 Å². The van der Waals surface area contributed by atoms with Crippen molar-refractivity contribution in [3.63, 3.8) is 0 Å². The third-order valence-corrected chi connectivity index (χ3v) is 4.35. The molecule has 0 spiro atoms. The van der Waals surface area contributed by atoms with Gasteiger partial charge in [0.05, 0.1) is 15.1 Å². The van der Waals surface area contributed by atoms with Gasteiger partial charge in [0.1, 0.15) is 0 Å². The van der Waals surface area contributed by atoms with Crippen LogP contribution in [0.1, 0.15) is 19.4 Å². The van der Waals surface area contributed by atoms with Gasteiger partial charge in [0.15, 0.2) is 0 Å². The molecule has 2 rings (SSSR count). The van der Waals surface area contributed by atoms with Crippen molar-refractivity contribution < 1.29 is 9.90 Å². The van der Waals surface area contributed by atoms with Gasteiger partial charge >= 0.3 is 5.97 Å². The molecule has 0 saturated carbocycles. The van der Waals surface area contributed by atoms with E-state index in [0.717, 1.165) is 20.7 Å². The number of halogens is 1. The SMILES string of the molecule is CC(C)(Cc1csc2c(Cl)cccc12)C(=O)O. The Morgan fingerprint density at radius 3 is 2.82 bits per heavy atom. The highest BCUT2D eigenvalue weighted by Gasteiger charge is 2.28. The lowest BCUT2D eigenvalue weighted by Crippen LogP contribution is -2.25. The van der Waals surface area contributed by atoms with E-state index in [1.54, 1.807) is 25.2 Å². The third kappa shape index (κ3) is 2.31. The maximum atomic E-state index is 11.1. The Labute approximate surface area is 109 Å². The first kappa shape index (κ1) is 12.4. The normalized spacial score (nSPS) is 11.9. The van der Waals surface area contributed by atoms with Crippen LogP contribution in [0.25, 0.3) is 10.1 Å². The molecule has 0 bridgehead atoms. The summed E-state index contributed by atoms with van der Waals surface area (Å²) in [6.45, 7) is 3.48. The maximum absolute atomic E-state index is 11.1. The van der Waals surface area contributed by atoms with Gasteiger partial charge in [0.25, 0.3) is 0 Å². The van der Waals surface area contributed by atoms with Crippen molar-refractivity contribution in [2.24, 2.45) is 5.41 Å². The standard InChI is InChI=1S/C13H13ClO2S/c1-13(2,12(15)16)6-8-7-17-11-9(8)4-3-5-10(11)14/h3-5,7H,6H2,1-2H3,(H,15,16). The first-order valence-electron chi connectivity index (χ1n) is 5.30. The van der Waals surface area contributed by atoms with Crippen LogP contribution in [0.5, 0.6) is 0 Å². The van der Waals surface area contributed by atoms with Crippen LogP contribution in [0.3, 0.4) is 0 Å². The monoisotopic (exact) mass is 268 g/mol. The van der Waals surface area contributed by atoms with E-state index in [0.29, 0.717) is 6.42 Å². The number of rotatable bonds is 3. The number of fused-ring (bicyclic) bond motifs is 1. The Bertz CT molecular complexity index is 572. The first-order chi connectivity index (χ1) is 7.92. The molecule has 0 atom stereocenters. The van der Waals surface area contributed by atoms with Gasteiger partial charge in [-0.05, 0) is 42.7 Å². The molecule has 2 aromatic rings. The number of hydrogen-bond acceptors (Lipinski definition) is 2. The molecule has 0 saturated heterocycles. The zero-order valence-corrected chi connectivity index (χ0v) is 11.2. The third-order valence-electron chi connectivity index (χ3n) is 2.84. The highest BCUT2D eigenvalue weighted by atomic mass is 35.5. The number of carbonyl (C=O) groups is 1. The molecule has 0 unspecified atom stereocenters. The molecule has 1 heterocycles. The lowest BCUT2D eigenvalue weighted by molar-refractivity contribution is -0.146. The Kier molecular flexibility index (Phi) is 3.15. The second kappa shape index (κ2) is 4.31. The highest BCUT2D eigenvalue weighted by Crippen LogP contribution is 2.35. The van der Waals surface area contributed by atoms with Gasteiger partial charge in [0, 0.05) is 0 Å². The minimum atomic E-state index is -0.779. The average Bonchev–Trinajstić information content (AvgIpc) is 2.62. The Balaban J connectivity index is 2.44. The predicted molar refractivity (Wildman–Crippen MR) is 72.0 cm³/mol. The molecule has 90 valence electrons. The smallest absolute Gasteiger partial charge is 0.309 e. The topological polar surface area (TPSA) is 37.3 Å². The van der Waals surface area contributed by atoms with Gasteiger partial charge < -0.3 is 5.11 Å². The van der Waals surface area contributed by atoms with Crippen LogP contribution in [0.4, 0.5) is 0 Å². The van der Waals surface area contributed by atoms with Crippen LogP contribution < -0.4 is 0 Å². The van der Waals surface area contributed by atoms with Crippen LogP contribution in [0.2, 0.25) is 5.02 Å². The molecule has 0 fully saturated rings. The van der Waals surface area contributed by atoms with Crippen LogP contribution in [0.15, 0.2) is 23.6 Å². The molecule has 2 nitrogen and oxygen atoms in total. The van der Waals surface area contributed by atoms with Crippen LogP contribution in [0, 0.1) is 5.41 Å². The zero-order valence-electron chi connectivity index (χ0n) is 9.66. The van der Waals surface area contributed by atoms with Gasteiger partial charge in [-0.3, -0.25) is 4.79 Å². The van der Waals surface area contributed by atoms with Crippen molar-refractivity contribution in [1.29, 1.82) is 0 Å². The van der Waals surface area contributed by atoms with E-state index in [9.17, 15) is 4.79 Å². The Hall–Kier alpha value is -1.06. The van der Waals surface area contributed by atoms with Crippen molar-refractivity contribution in [3.05, 3.63) is 34.2 Å². The second-order valence-electron chi connectivity index (χ2n) is 4.74. The number of aliphatic carboxylic acids is 1. The summed E-state index contributed by atoms with van der Waals surface area (Å²) < 4.78 is 1.03. The zero-order chi connectivity index (χ0) is 12.6. The van der Waals surface area contributed by atoms with Gasteiger partial charge in [-0.15, -0.1) is 11.3 Å². The highest BCUT2D eigenvalue weighted by molar-refractivity contribution is 7.18. The summed E-state index contributed by atoms with van der Waals surface area (Å²) in [5.41, 5.74) is 0.302. The van der Waals surface area contributed by atoms with E-state index in [2.05, 4.69) is 0 Å². The first-order valence-corrected chi connectivity index (χ1v) is 6.55. The van der Waals surface area contributed by atoms with Gasteiger partial charge in [-0.25, -0.2) is 0 Å². The molecule has 0 aliphatic carbocycles. The molecule has 1 N–H and O–H groups in total. The van der Waals surface area contributed by atoms with E-state index in [-0.39, 0.29) is 0 Å². The van der Waals surface area contributed by atoms with Crippen molar-refractivity contribution >= 4 is 39.0 Å². The quantitative estimate of drug-likeness (QED) is 0.905. The predicted octanol–water partition coefficient (Wildman–Crippen LogP) is 4.21. The average molecular weight is 269 g/mol. The molecular formula is C13H13ClO2S. The fraction of sp³-hybridized carbons (Fsp3) is 0.308. The number of thiophene rings is 1. The molecule has 4 heteroatoms. The number of carboxylic acid groups (broad SMARTS) is 1. The lowest BCUT2D eigenvalue weighted by atomic mass is 9.86. The van der Waals surface area contributed by atoms with E-state index < -0.39 is 11.4 Å². The summed E-state index contributed by atoms with van der Waals surface area (Å²) >= 11 is 7.67. The van der Waals surface area contributed by atoms with Crippen molar-refractivity contribution in [1.82, 2.24) is 0 Å². The second-order valence-corrected chi connectivity index (χ2v) is 6.03. The van der Waals surface area contributed by atoms with E-state index in [1.807, 2.05) is 23.6 Å². The van der Waals surface area contributed by atoms with Crippen LogP contribution in [-0.2, 0) is 11.2 Å². The van der Waals surface area contributed by atoms with E-state index >= 15 is 0 Å². The number of carboxylic acids is 1. The summed E-state index contributed by atoms with van der Waals surface area (Å²) in [7, 11) is 0. The summed E-state index contributed by atoms with van der Waals surface area (Å²) in [6.07, 6.45) is 0.517.